The number of rotatable bonds is 14. The third-order valence-corrected chi connectivity index (χ3v) is 7.88. The third kappa shape index (κ3) is 9.02. The molecule has 0 aromatic carbocycles. The Morgan fingerprint density at radius 3 is 2.15 bits per heavy atom. The molecule has 3 N–H and O–H groups in total. The van der Waals surface area contributed by atoms with E-state index in [1.807, 2.05) is 27.7 Å². The van der Waals surface area contributed by atoms with Gasteiger partial charge in [-0.05, 0) is 51.4 Å². The van der Waals surface area contributed by atoms with Gasteiger partial charge in [-0.15, -0.1) is 0 Å². The van der Waals surface area contributed by atoms with Gasteiger partial charge in [-0.1, -0.05) is 40.5 Å². The molecule has 0 aromatic heterocycles. The second-order valence-electron chi connectivity index (χ2n) is 12.0. The van der Waals surface area contributed by atoms with Crippen LogP contribution in [0.5, 0.6) is 0 Å². The fourth-order valence-electron chi connectivity index (χ4n) is 5.53. The summed E-state index contributed by atoms with van der Waals surface area (Å²) in [5.41, 5.74) is 5.26. The van der Waals surface area contributed by atoms with Crippen molar-refractivity contribution >= 4 is 35.4 Å². The maximum absolute atomic E-state index is 13.5. The Kier molecular flexibility index (Phi) is 12.6. The van der Waals surface area contributed by atoms with E-state index in [1.165, 1.54) is 16.7 Å². The summed E-state index contributed by atoms with van der Waals surface area (Å²) in [6, 6.07) is -2.47. The molecule has 11 heteroatoms. The van der Waals surface area contributed by atoms with E-state index in [0.717, 1.165) is 25.7 Å². The highest BCUT2D eigenvalue weighted by Crippen LogP contribution is 2.26. The van der Waals surface area contributed by atoms with Crippen LogP contribution in [0, 0.1) is 17.8 Å². The van der Waals surface area contributed by atoms with Crippen LogP contribution in [0.1, 0.15) is 92.4 Å². The van der Waals surface area contributed by atoms with Gasteiger partial charge in [0.2, 0.25) is 17.7 Å². The molecule has 40 heavy (non-hydrogen) atoms. The number of amides is 4. The number of Topliss-reactive ketones (excluding diaryl/α,β-unsaturated/α-hetero) is 1. The van der Waals surface area contributed by atoms with E-state index in [1.54, 1.807) is 7.05 Å². The first-order chi connectivity index (χ1) is 18.7. The highest BCUT2D eigenvalue weighted by Gasteiger charge is 2.41. The van der Waals surface area contributed by atoms with Crippen molar-refractivity contribution in [2.45, 2.75) is 117 Å². The summed E-state index contributed by atoms with van der Waals surface area (Å²) < 4.78 is 5.46. The molecule has 1 aliphatic carbocycles. The highest BCUT2D eigenvalue weighted by atomic mass is 16.5. The average molecular weight is 565 g/mol. The second kappa shape index (κ2) is 15.1. The number of nitrogens with one attached hydrogen (secondary N) is 1. The molecule has 4 atom stereocenters. The molecule has 1 aliphatic heterocycles. The highest BCUT2D eigenvalue weighted by molar-refractivity contribution is 5.95. The minimum Gasteiger partial charge on any atom is -0.451 e. The Hall–Kier alpha value is -2.98. The number of carbonyl (C=O) groups excluding carboxylic acids is 6. The van der Waals surface area contributed by atoms with Gasteiger partial charge in [0.05, 0.1) is 6.04 Å². The topological polar surface area (TPSA) is 156 Å². The number of nitrogens with zero attached hydrogens (tertiary/aromatic N) is 2. The van der Waals surface area contributed by atoms with Crippen LogP contribution in [0.15, 0.2) is 0 Å². The summed E-state index contributed by atoms with van der Waals surface area (Å²) in [7, 11) is 1.61. The normalized spacial score (nSPS) is 19.8. The molecule has 0 spiro atoms. The van der Waals surface area contributed by atoms with E-state index in [2.05, 4.69) is 5.32 Å². The van der Waals surface area contributed by atoms with Crippen molar-refractivity contribution in [3.63, 3.8) is 0 Å². The van der Waals surface area contributed by atoms with E-state index in [4.69, 9.17) is 10.5 Å². The predicted molar refractivity (Wildman–Crippen MR) is 148 cm³/mol. The van der Waals surface area contributed by atoms with Gasteiger partial charge < -0.3 is 25.6 Å². The Balaban J connectivity index is 2.10. The second-order valence-corrected chi connectivity index (χ2v) is 12.0. The molecule has 226 valence electrons. The van der Waals surface area contributed by atoms with Gasteiger partial charge >= 0.3 is 5.97 Å². The molecular formula is C29H48N4O7. The first-order valence-corrected chi connectivity index (χ1v) is 14.6. The Labute approximate surface area is 237 Å². The summed E-state index contributed by atoms with van der Waals surface area (Å²) in [5.74, 6) is -2.82. The molecule has 0 radical (unpaired) electrons. The van der Waals surface area contributed by atoms with Crippen LogP contribution < -0.4 is 11.1 Å². The van der Waals surface area contributed by atoms with Crippen LogP contribution in [0.3, 0.4) is 0 Å². The Morgan fingerprint density at radius 1 is 0.975 bits per heavy atom. The summed E-state index contributed by atoms with van der Waals surface area (Å²) in [6.07, 6.45) is 3.53. The van der Waals surface area contributed by atoms with Gasteiger partial charge in [0.1, 0.15) is 12.1 Å². The summed E-state index contributed by atoms with van der Waals surface area (Å²) in [4.78, 5) is 79.7. The van der Waals surface area contributed by atoms with E-state index < -0.39 is 42.0 Å². The molecule has 0 bridgehead atoms. The minimum atomic E-state index is -1.21. The van der Waals surface area contributed by atoms with Gasteiger partial charge in [-0.25, -0.2) is 4.79 Å². The zero-order chi connectivity index (χ0) is 30.1. The number of likely N-dealkylation sites (N-methyl/N-ethyl adjacent to an activating group) is 1. The van der Waals surface area contributed by atoms with Crippen molar-refractivity contribution in [2.24, 2.45) is 23.5 Å². The largest absolute Gasteiger partial charge is 0.451 e. The lowest BCUT2D eigenvalue weighted by atomic mass is 9.92. The predicted octanol–water partition coefficient (Wildman–Crippen LogP) is 1.95. The molecule has 11 nitrogen and oxygen atoms in total. The number of nitrogens with two attached hydrogens (primary N) is 1. The molecule has 2 rings (SSSR count). The number of likely N-dealkylation sites (tertiary alicyclic amines) is 1. The van der Waals surface area contributed by atoms with Gasteiger partial charge in [-0.3, -0.25) is 24.0 Å². The van der Waals surface area contributed by atoms with E-state index in [-0.39, 0.29) is 48.2 Å². The molecule has 1 saturated heterocycles. The Morgan fingerprint density at radius 2 is 1.60 bits per heavy atom. The summed E-state index contributed by atoms with van der Waals surface area (Å²) >= 11 is 0. The fourth-order valence-corrected chi connectivity index (χ4v) is 5.53. The van der Waals surface area contributed by atoms with Crippen molar-refractivity contribution in [3.8, 4) is 0 Å². The fraction of sp³-hybridized carbons (Fsp3) is 0.793. The maximum atomic E-state index is 13.5. The number of ketones is 1. The molecular weight excluding hydrogens is 516 g/mol. The standard InChI is InChI=1S/C29H48N4O7/c1-17(2)16-23(25(35)18(3)4)32(6)28(38)22-12-9-15-33(22)27(37)19(5)40-29(39)21(13-14-24(30)34)31-26(36)20-10-7-8-11-20/h17-23H,7-16H2,1-6H3,(H2,30,34)(H,31,36)/t19-,21-,22-,23-/m0/s1. The molecule has 1 heterocycles. The third-order valence-electron chi connectivity index (χ3n) is 7.88. The zero-order valence-electron chi connectivity index (χ0n) is 24.9. The maximum Gasteiger partial charge on any atom is 0.329 e. The molecule has 0 unspecified atom stereocenters. The lowest BCUT2D eigenvalue weighted by Crippen LogP contribution is -2.54. The number of hydrogen-bond acceptors (Lipinski definition) is 7. The van der Waals surface area contributed by atoms with Gasteiger partial charge in [-0.2, -0.15) is 0 Å². The van der Waals surface area contributed by atoms with Crippen LogP contribution in [-0.2, 0) is 33.5 Å². The molecule has 2 aliphatic rings. The number of ether oxygens (including phenoxy) is 1. The lowest BCUT2D eigenvalue weighted by Gasteiger charge is -2.34. The minimum absolute atomic E-state index is 0.0237. The van der Waals surface area contributed by atoms with E-state index >= 15 is 0 Å². The monoisotopic (exact) mass is 564 g/mol. The van der Waals surface area contributed by atoms with Gasteiger partial charge in [0, 0.05) is 31.8 Å². The number of primary amides is 1. The first-order valence-electron chi connectivity index (χ1n) is 14.6. The van der Waals surface area contributed by atoms with Crippen LogP contribution in [0.2, 0.25) is 0 Å². The van der Waals surface area contributed by atoms with Crippen molar-refractivity contribution in [1.82, 2.24) is 15.1 Å². The van der Waals surface area contributed by atoms with Gasteiger partial charge in [0.25, 0.3) is 5.91 Å². The molecule has 2 fully saturated rings. The first kappa shape index (κ1) is 33.2. The molecule has 4 amide bonds. The smallest absolute Gasteiger partial charge is 0.329 e. The number of carbonyl (C=O) groups is 6. The van der Waals surface area contributed by atoms with Crippen LogP contribution in [0.4, 0.5) is 0 Å². The molecule has 1 saturated carbocycles. The van der Waals surface area contributed by atoms with Crippen LogP contribution in [0.25, 0.3) is 0 Å². The van der Waals surface area contributed by atoms with Crippen molar-refractivity contribution in [3.05, 3.63) is 0 Å². The van der Waals surface area contributed by atoms with Gasteiger partial charge in [0.15, 0.2) is 11.9 Å². The Bertz CT molecular complexity index is 945. The SMILES string of the molecule is CC(C)C[C@@H](C(=O)C(C)C)N(C)C(=O)[C@@H]1CCCN1C(=O)[C@H](C)OC(=O)[C@H](CCC(N)=O)NC(=O)C1CCCC1. The van der Waals surface area contributed by atoms with Crippen LogP contribution in [-0.4, -0.2) is 83.0 Å². The van der Waals surface area contributed by atoms with Crippen molar-refractivity contribution in [1.29, 1.82) is 0 Å². The van der Waals surface area contributed by atoms with Crippen LogP contribution >= 0.6 is 0 Å². The van der Waals surface area contributed by atoms with E-state index in [9.17, 15) is 28.8 Å². The molecule has 0 aromatic rings. The summed E-state index contributed by atoms with van der Waals surface area (Å²) in [6.45, 7) is 9.35. The quantitative estimate of drug-likeness (QED) is 0.305. The zero-order valence-corrected chi connectivity index (χ0v) is 24.9. The number of esters is 1. The van der Waals surface area contributed by atoms with Crippen molar-refractivity contribution in [2.75, 3.05) is 13.6 Å². The number of hydrogen-bond donors (Lipinski definition) is 2. The summed E-state index contributed by atoms with van der Waals surface area (Å²) in [5, 5.41) is 2.68. The average Bonchev–Trinajstić information content (AvgIpc) is 3.60. The van der Waals surface area contributed by atoms with Crippen molar-refractivity contribution < 1.29 is 33.5 Å². The lowest BCUT2D eigenvalue weighted by molar-refractivity contribution is -0.163. The van der Waals surface area contributed by atoms with E-state index in [0.29, 0.717) is 25.8 Å².